The highest BCUT2D eigenvalue weighted by Crippen LogP contribution is 2.24. The van der Waals surface area contributed by atoms with Gasteiger partial charge < -0.3 is 10.1 Å². The molecule has 25 heavy (non-hydrogen) atoms. The summed E-state index contributed by atoms with van der Waals surface area (Å²) in [6.45, 7) is 8.99. The van der Waals surface area contributed by atoms with E-state index >= 15 is 0 Å². The van der Waals surface area contributed by atoms with Crippen LogP contribution in [0.5, 0.6) is 5.75 Å². The maximum absolute atomic E-state index is 12.0. The Kier molecular flexibility index (Phi) is 6.49. The number of rotatable bonds is 6. The molecule has 0 aliphatic rings. The van der Waals surface area contributed by atoms with Crippen LogP contribution in [0.1, 0.15) is 44.7 Å². The Labute approximate surface area is 155 Å². The summed E-state index contributed by atoms with van der Waals surface area (Å²) in [5.41, 5.74) is 3.16. The lowest BCUT2D eigenvalue weighted by Crippen LogP contribution is -2.13. The van der Waals surface area contributed by atoms with Gasteiger partial charge in [0.05, 0.1) is 6.61 Å². The molecule has 2 rings (SSSR count). The van der Waals surface area contributed by atoms with E-state index in [-0.39, 0.29) is 11.3 Å². The van der Waals surface area contributed by atoms with Gasteiger partial charge in [0.25, 0.3) is 0 Å². The number of hydrogen-bond acceptors (Lipinski definition) is 2. The first-order valence-corrected chi connectivity index (χ1v) is 8.93. The predicted molar refractivity (Wildman–Crippen MR) is 105 cm³/mol. The molecule has 4 heteroatoms. The van der Waals surface area contributed by atoms with Crippen LogP contribution >= 0.6 is 11.6 Å². The van der Waals surface area contributed by atoms with Gasteiger partial charge in [-0.25, -0.2) is 0 Å². The molecule has 0 fully saturated rings. The molecule has 3 nitrogen and oxygen atoms in total. The summed E-state index contributed by atoms with van der Waals surface area (Å²) in [7, 11) is 0. The molecule has 0 aliphatic heterocycles. The van der Waals surface area contributed by atoms with Gasteiger partial charge in [0, 0.05) is 17.1 Å². The fourth-order valence-electron chi connectivity index (χ4n) is 2.45. The number of carbonyl (C=O) groups is 1. The van der Waals surface area contributed by atoms with Crippen molar-refractivity contribution in [3.63, 3.8) is 0 Å². The first-order valence-electron chi connectivity index (χ1n) is 8.55. The quantitative estimate of drug-likeness (QED) is 0.667. The van der Waals surface area contributed by atoms with Crippen molar-refractivity contribution in [2.24, 2.45) is 0 Å². The van der Waals surface area contributed by atoms with Gasteiger partial charge >= 0.3 is 0 Å². The Morgan fingerprint density at radius 1 is 1.12 bits per heavy atom. The Bertz CT molecular complexity index is 718. The van der Waals surface area contributed by atoms with Gasteiger partial charge in [-0.05, 0) is 60.2 Å². The van der Waals surface area contributed by atoms with E-state index in [1.54, 1.807) is 6.07 Å². The highest BCUT2D eigenvalue weighted by atomic mass is 35.5. The summed E-state index contributed by atoms with van der Waals surface area (Å²) < 4.78 is 5.72. The number of carbonyl (C=O) groups excluding carboxylic acids is 1. The Hall–Kier alpha value is -2.00. The van der Waals surface area contributed by atoms with Crippen LogP contribution in [-0.2, 0) is 10.2 Å². The third kappa shape index (κ3) is 6.09. The Balaban J connectivity index is 1.74. The molecule has 134 valence electrons. The number of amides is 1. The lowest BCUT2D eigenvalue weighted by Gasteiger charge is -2.19. The molecule has 0 heterocycles. The molecule has 0 radical (unpaired) electrons. The van der Waals surface area contributed by atoms with Crippen LogP contribution in [0.4, 0.5) is 5.69 Å². The zero-order valence-electron chi connectivity index (χ0n) is 15.4. The van der Waals surface area contributed by atoms with Gasteiger partial charge in [-0.2, -0.15) is 0 Å². The summed E-state index contributed by atoms with van der Waals surface area (Å²) in [5.74, 6) is 0.819. The average molecular weight is 360 g/mol. The first kappa shape index (κ1) is 19.3. The first-order chi connectivity index (χ1) is 11.8. The van der Waals surface area contributed by atoms with Crippen LogP contribution in [0.15, 0.2) is 42.5 Å². The van der Waals surface area contributed by atoms with Crippen molar-refractivity contribution >= 4 is 23.2 Å². The second kappa shape index (κ2) is 8.39. The predicted octanol–water partition coefficient (Wildman–Crippen LogP) is 5.74. The summed E-state index contributed by atoms with van der Waals surface area (Å²) >= 11 is 5.92. The normalized spacial score (nSPS) is 11.2. The fraction of sp³-hybridized carbons (Fsp3) is 0.381. The SMILES string of the molecule is Cc1cc(Cl)ccc1NC(=O)CCCOc1ccc(C(C)(C)C)cc1. The van der Waals surface area contributed by atoms with Crippen LogP contribution in [-0.4, -0.2) is 12.5 Å². The molecule has 0 atom stereocenters. The van der Waals surface area contributed by atoms with Crippen LogP contribution in [0.2, 0.25) is 5.02 Å². The zero-order chi connectivity index (χ0) is 18.4. The van der Waals surface area contributed by atoms with Crippen LogP contribution in [0.25, 0.3) is 0 Å². The van der Waals surface area contributed by atoms with E-state index in [1.165, 1.54) is 5.56 Å². The van der Waals surface area contributed by atoms with E-state index in [0.717, 1.165) is 17.0 Å². The monoisotopic (exact) mass is 359 g/mol. The molecule has 0 saturated carbocycles. The topological polar surface area (TPSA) is 38.3 Å². The fourth-order valence-corrected chi connectivity index (χ4v) is 2.68. The molecule has 0 aliphatic carbocycles. The smallest absolute Gasteiger partial charge is 0.224 e. The van der Waals surface area contributed by atoms with Crippen molar-refractivity contribution in [1.29, 1.82) is 0 Å². The largest absolute Gasteiger partial charge is 0.494 e. The number of halogens is 1. The summed E-state index contributed by atoms with van der Waals surface area (Å²) in [6, 6.07) is 13.6. The van der Waals surface area contributed by atoms with Gasteiger partial charge in [0.1, 0.15) is 5.75 Å². The summed E-state index contributed by atoms with van der Waals surface area (Å²) in [5, 5.41) is 3.57. The Morgan fingerprint density at radius 3 is 2.40 bits per heavy atom. The van der Waals surface area contributed by atoms with E-state index in [0.29, 0.717) is 24.5 Å². The molecular formula is C21H26ClNO2. The van der Waals surface area contributed by atoms with Crippen molar-refractivity contribution < 1.29 is 9.53 Å². The van der Waals surface area contributed by atoms with Gasteiger partial charge in [-0.3, -0.25) is 4.79 Å². The molecule has 2 aromatic carbocycles. The lowest BCUT2D eigenvalue weighted by molar-refractivity contribution is -0.116. The molecule has 0 bridgehead atoms. The Morgan fingerprint density at radius 2 is 1.80 bits per heavy atom. The van der Waals surface area contributed by atoms with Crippen LogP contribution in [0, 0.1) is 6.92 Å². The van der Waals surface area contributed by atoms with Gasteiger partial charge in [0.15, 0.2) is 0 Å². The number of hydrogen-bond donors (Lipinski definition) is 1. The molecular weight excluding hydrogens is 334 g/mol. The molecule has 0 unspecified atom stereocenters. The van der Waals surface area contributed by atoms with E-state index in [2.05, 4.69) is 38.2 Å². The molecule has 0 aromatic heterocycles. The van der Waals surface area contributed by atoms with Gasteiger partial charge in [-0.1, -0.05) is 44.5 Å². The van der Waals surface area contributed by atoms with Crippen molar-refractivity contribution in [3.05, 3.63) is 58.6 Å². The molecule has 0 saturated heterocycles. The third-order valence-electron chi connectivity index (χ3n) is 4.00. The minimum atomic E-state index is -0.0166. The lowest BCUT2D eigenvalue weighted by atomic mass is 9.87. The van der Waals surface area contributed by atoms with Gasteiger partial charge in [-0.15, -0.1) is 0 Å². The summed E-state index contributed by atoms with van der Waals surface area (Å²) in [6.07, 6.45) is 1.08. The molecule has 1 N–H and O–H groups in total. The zero-order valence-corrected chi connectivity index (χ0v) is 16.1. The van der Waals surface area contributed by atoms with E-state index in [1.807, 2.05) is 31.2 Å². The minimum absolute atomic E-state index is 0.0166. The second-order valence-corrected chi connectivity index (χ2v) is 7.67. The number of benzene rings is 2. The third-order valence-corrected chi connectivity index (χ3v) is 4.23. The number of nitrogens with one attached hydrogen (secondary N) is 1. The number of aryl methyl sites for hydroxylation is 1. The van der Waals surface area contributed by atoms with Crippen molar-refractivity contribution in [2.45, 2.75) is 46.0 Å². The second-order valence-electron chi connectivity index (χ2n) is 7.23. The minimum Gasteiger partial charge on any atom is -0.494 e. The van der Waals surface area contributed by atoms with Gasteiger partial charge in [0.2, 0.25) is 5.91 Å². The number of ether oxygens (including phenoxy) is 1. The van der Waals surface area contributed by atoms with Crippen LogP contribution in [0.3, 0.4) is 0 Å². The van der Waals surface area contributed by atoms with Crippen molar-refractivity contribution in [3.8, 4) is 5.75 Å². The molecule has 0 spiro atoms. The average Bonchev–Trinajstić information content (AvgIpc) is 2.54. The molecule has 1 amide bonds. The molecule has 2 aromatic rings. The maximum atomic E-state index is 12.0. The number of anilines is 1. The van der Waals surface area contributed by atoms with Crippen LogP contribution < -0.4 is 10.1 Å². The van der Waals surface area contributed by atoms with E-state index < -0.39 is 0 Å². The van der Waals surface area contributed by atoms with Crippen molar-refractivity contribution in [2.75, 3.05) is 11.9 Å². The van der Waals surface area contributed by atoms with E-state index in [9.17, 15) is 4.79 Å². The highest BCUT2D eigenvalue weighted by molar-refractivity contribution is 6.30. The summed E-state index contributed by atoms with van der Waals surface area (Å²) in [4.78, 5) is 12.0. The standard InChI is InChI=1S/C21H26ClNO2/c1-15-14-17(22)9-12-19(15)23-20(24)6-5-13-25-18-10-7-16(8-11-18)21(2,3)4/h7-12,14H,5-6,13H2,1-4H3,(H,23,24). The van der Waals surface area contributed by atoms with E-state index in [4.69, 9.17) is 16.3 Å². The highest BCUT2D eigenvalue weighted by Gasteiger charge is 2.13. The van der Waals surface area contributed by atoms with Crippen molar-refractivity contribution in [1.82, 2.24) is 0 Å². The maximum Gasteiger partial charge on any atom is 0.224 e.